The molecular formula is C7H15ClN2O2. The largest absolute Gasteiger partial charge is 0.450 e. The van der Waals surface area contributed by atoms with Gasteiger partial charge < -0.3 is 15.4 Å². The lowest BCUT2D eigenvalue weighted by atomic mass is 10.3. The number of halogens is 1. The summed E-state index contributed by atoms with van der Waals surface area (Å²) in [4.78, 5) is 12.7. The van der Waals surface area contributed by atoms with Crippen molar-refractivity contribution >= 4 is 18.5 Å². The van der Waals surface area contributed by atoms with Gasteiger partial charge in [-0.25, -0.2) is 4.79 Å². The van der Waals surface area contributed by atoms with E-state index in [9.17, 15) is 4.79 Å². The summed E-state index contributed by atoms with van der Waals surface area (Å²) in [6, 6.07) is 0.138. The summed E-state index contributed by atoms with van der Waals surface area (Å²) in [6.07, 6.45) is 0.652. The smallest absolute Gasteiger partial charge is 0.409 e. The number of hydrogen-bond acceptors (Lipinski definition) is 3. The van der Waals surface area contributed by atoms with Crippen molar-refractivity contribution in [3.63, 3.8) is 0 Å². The SMILES string of the molecule is CCOC(=O)N1CCC(N)C1.Cl. The summed E-state index contributed by atoms with van der Waals surface area (Å²) in [5.74, 6) is 0. The molecule has 0 bridgehead atoms. The van der Waals surface area contributed by atoms with Gasteiger partial charge in [-0.1, -0.05) is 0 Å². The lowest BCUT2D eigenvalue weighted by Gasteiger charge is -2.14. The van der Waals surface area contributed by atoms with Gasteiger partial charge in [-0.15, -0.1) is 12.4 Å². The molecule has 4 nitrogen and oxygen atoms in total. The van der Waals surface area contributed by atoms with Gasteiger partial charge in [0.1, 0.15) is 0 Å². The average Bonchev–Trinajstić information content (AvgIpc) is 2.36. The molecule has 1 unspecified atom stereocenters. The summed E-state index contributed by atoms with van der Waals surface area (Å²) in [5.41, 5.74) is 5.61. The van der Waals surface area contributed by atoms with Crippen molar-refractivity contribution in [1.29, 1.82) is 0 Å². The molecule has 0 radical (unpaired) electrons. The molecule has 0 aromatic rings. The van der Waals surface area contributed by atoms with E-state index in [0.29, 0.717) is 13.2 Å². The lowest BCUT2D eigenvalue weighted by molar-refractivity contribution is 0.115. The molecule has 1 heterocycles. The maximum absolute atomic E-state index is 11.0. The molecule has 0 aromatic carbocycles. The molecular weight excluding hydrogens is 180 g/mol. The predicted molar refractivity (Wildman–Crippen MR) is 48.4 cm³/mol. The van der Waals surface area contributed by atoms with Crippen LogP contribution in [0.2, 0.25) is 0 Å². The molecule has 1 saturated heterocycles. The fraction of sp³-hybridized carbons (Fsp3) is 0.857. The highest BCUT2D eigenvalue weighted by molar-refractivity contribution is 5.85. The topological polar surface area (TPSA) is 55.6 Å². The summed E-state index contributed by atoms with van der Waals surface area (Å²) >= 11 is 0. The summed E-state index contributed by atoms with van der Waals surface area (Å²) in [5, 5.41) is 0. The minimum Gasteiger partial charge on any atom is -0.450 e. The minimum absolute atomic E-state index is 0. The molecule has 5 heteroatoms. The zero-order valence-electron chi connectivity index (χ0n) is 7.16. The van der Waals surface area contributed by atoms with Gasteiger partial charge in [-0.05, 0) is 13.3 Å². The van der Waals surface area contributed by atoms with Crippen LogP contribution in [0.3, 0.4) is 0 Å². The highest BCUT2D eigenvalue weighted by Crippen LogP contribution is 2.07. The van der Waals surface area contributed by atoms with Gasteiger partial charge in [0, 0.05) is 19.1 Å². The van der Waals surface area contributed by atoms with Crippen molar-refractivity contribution in [1.82, 2.24) is 4.90 Å². The van der Waals surface area contributed by atoms with Crippen LogP contribution in [-0.2, 0) is 4.74 Å². The van der Waals surface area contributed by atoms with Gasteiger partial charge in [0.2, 0.25) is 0 Å². The molecule has 72 valence electrons. The van der Waals surface area contributed by atoms with Gasteiger partial charge in [0.05, 0.1) is 6.61 Å². The molecule has 1 amide bonds. The molecule has 0 saturated carbocycles. The molecule has 1 aliphatic heterocycles. The number of ether oxygens (including phenoxy) is 1. The number of nitrogens with two attached hydrogens (primary N) is 1. The highest BCUT2D eigenvalue weighted by Gasteiger charge is 2.23. The van der Waals surface area contributed by atoms with Gasteiger partial charge in [0.25, 0.3) is 0 Å². The van der Waals surface area contributed by atoms with Crippen molar-refractivity contribution in [2.75, 3.05) is 19.7 Å². The second-order valence-electron chi connectivity index (χ2n) is 2.69. The van der Waals surface area contributed by atoms with Crippen LogP contribution in [-0.4, -0.2) is 36.7 Å². The van der Waals surface area contributed by atoms with Gasteiger partial charge >= 0.3 is 6.09 Å². The van der Waals surface area contributed by atoms with Crippen molar-refractivity contribution in [3.8, 4) is 0 Å². The molecule has 12 heavy (non-hydrogen) atoms. The number of nitrogens with zero attached hydrogens (tertiary/aromatic N) is 1. The average molecular weight is 195 g/mol. The molecule has 1 rings (SSSR count). The van der Waals surface area contributed by atoms with Crippen molar-refractivity contribution < 1.29 is 9.53 Å². The molecule has 1 aliphatic rings. The Morgan fingerprint density at radius 3 is 2.83 bits per heavy atom. The fourth-order valence-electron chi connectivity index (χ4n) is 1.17. The number of carbonyl (C=O) groups is 1. The second kappa shape index (κ2) is 5.22. The van der Waals surface area contributed by atoms with Crippen LogP contribution in [0.25, 0.3) is 0 Å². The Kier molecular flexibility index (Phi) is 5.01. The van der Waals surface area contributed by atoms with E-state index in [1.165, 1.54) is 0 Å². The number of amides is 1. The Morgan fingerprint density at radius 1 is 1.75 bits per heavy atom. The van der Waals surface area contributed by atoms with Gasteiger partial charge in [0.15, 0.2) is 0 Å². The standard InChI is InChI=1S/C7H14N2O2.ClH/c1-2-11-7(10)9-4-3-6(8)5-9;/h6H,2-5,8H2,1H3;1H. The Balaban J connectivity index is 0.00000121. The molecule has 0 spiro atoms. The minimum atomic E-state index is -0.236. The zero-order valence-corrected chi connectivity index (χ0v) is 7.97. The number of hydrogen-bond donors (Lipinski definition) is 1. The molecule has 1 atom stereocenters. The maximum atomic E-state index is 11.0. The van der Waals surface area contributed by atoms with E-state index in [1.807, 2.05) is 0 Å². The van der Waals surface area contributed by atoms with E-state index in [1.54, 1.807) is 11.8 Å². The quantitative estimate of drug-likeness (QED) is 0.665. The van der Waals surface area contributed by atoms with E-state index >= 15 is 0 Å². The first-order valence-corrected chi connectivity index (χ1v) is 3.91. The predicted octanol–water partition coefficient (Wildman–Crippen LogP) is 0.598. The zero-order chi connectivity index (χ0) is 8.27. The molecule has 2 N–H and O–H groups in total. The molecule has 1 fully saturated rings. The first-order valence-electron chi connectivity index (χ1n) is 3.91. The lowest BCUT2D eigenvalue weighted by Crippen LogP contribution is -2.32. The third-order valence-corrected chi connectivity index (χ3v) is 1.75. The monoisotopic (exact) mass is 194 g/mol. The van der Waals surface area contributed by atoms with E-state index in [-0.39, 0.29) is 24.5 Å². The van der Waals surface area contributed by atoms with Crippen molar-refractivity contribution in [2.45, 2.75) is 19.4 Å². The maximum Gasteiger partial charge on any atom is 0.409 e. The van der Waals surface area contributed by atoms with Crippen LogP contribution in [0.4, 0.5) is 4.79 Å². The van der Waals surface area contributed by atoms with Crippen molar-refractivity contribution in [3.05, 3.63) is 0 Å². The first kappa shape index (κ1) is 11.5. The van der Waals surface area contributed by atoms with Gasteiger partial charge in [-0.3, -0.25) is 0 Å². The van der Waals surface area contributed by atoms with E-state index in [4.69, 9.17) is 10.5 Å². The molecule has 0 aromatic heterocycles. The second-order valence-corrected chi connectivity index (χ2v) is 2.69. The number of rotatable bonds is 1. The normalized spacial score (nSPS) is 21.8. The Labute approximate surface area is 78.5 Å². The number of carbonyl (C=O) groups excluding carboxylic acids is 1. The van der Waals surface area contributed by atoms with Crippen LogP contribution in [0.15, 0.2) is 0 Å². The Bertz CT molecular complexity index is 154. The number of likely N-dealkylation sites (tertiary alicyclic amines) is 1. The van der Waals surface area contributed by atoms with Crippen LogP contribution < -0.4 is 5.73 Å². The summed E-state index contributed by atoms with van der Waals surface area (Å²) in [6.45, 7) is 3.61. The van der Waals surface area contributed by atoms with Crippen LogP contribution >= 0.6 is 12.4 Å². The van der Waals surface area contributed by atoms with Crippen LogP contribution in [0, 0.1) is 0 Å². The van der Waals surface area contributed by atoms with Crippen LogP contribution in [0.1, 0.15) is 13.3 Å². The van der Waals surface area contributed by atoms with E-state index in [0.717, 1.165) is 13.0 Å². The Morgan fingerprint density at radius 2 is 2.42 bits per heavy atom. The van der Waals surface area contributed by atoms with Crippen molar-refractivity contribution in [2.24, 2.45) is 5.73 Å². The van der Waals surface area contributed by atoms with Crippen LogP contribution in [0.5, 0.6) is 0 Å². The molecule has 0 aliphatic carbocycles. The summed E-state index contributed by atoms with van der Waals surface area (Å²) < 4.78 is 4.81. The van der Waals surface area contributed by atoms with E-state index < -0.39 is 0 Å². The Hall–Kier alpha value is -0.480. The van der Waals surface area contributed by atoms with Gasteiger partial charge in [-0.2, -0.15) is 0 Å². The van der Waals surface area contributed by atoms with E-state index in [2.05, 4.69) is 0 Å². The summed E-state index contributed by atoms with van der Waals surface area (Å²) in [7, 11) is 0. The highest BCUT2D eigenvalue weighted by atomic mass is 35.5. The third-order valence-electron chi connectivity index (χ3n) is 1.75. The third kappa shape index (κ3) is 2.87. The fourth-order valence-corrected chi connectivity index (χ4v) is 1.17. The first-order chi connectivity index (χ1) is 5.24.